The Bertz CT molecular complexity index is 822. The van der Waals surface area contributed by atoms with Crippen molar-refractivity contribution in [3.05, 3.63) is 35.9 Å². The van der Waals surface area contributed by atoms with Crippen LogP contribution in [0.25, 0.3) is 0 Å². The van der Waals surface area contributed by atoms with E-state index < -0.39 is 53.9 Å². The molecule has 0 spiro atoms. The molecule has 0 aliphatic rings. The van der Waals surface area contributed by atoms with E-state index >= 15 is 0 Å². The van der Waals surface area contributed by atoms with E-state index in [0.29, 0.717) is 19.4 Å². The molecule has 0 aromatic heterocycles. The van der Waals surface area contributed by atoms with Crippen LogP contribution < -0.4 is 0 Å². The second-order valence-electron chi connectivity index (χ2n) is 6.50. The summed E-state index contributed by atoms with van der Waals surface area (Å²) in [5.41, 5.74) is 0.383. The molecular formula is C19H24O12. The van der Waals surface area contributed by atoms with Crippen molar-refractivity contribution in [3.8, 4) is 0 Å². The van der Waals surface area contributed by atoms with Crippen LogP contribution in [0.3, 0.4) is 0 Å². The Morgan fingerprint density at radius 3 is 1.84 bits per heavy atom. The van der Waals surface area contributed by atoms with E-state index in [0.717, 1.165) is 13.8 Å². The molecule has 0 saturated carbocycles. The van der Waals surface area contributed by atoms with Crippen molar-refractivity contribution in [1.82, 2.24) is 0 Å². The summed E-state index contributed by atoms with van der Waals surface area (Å²) in [6.07, 6.45) is -2.19. The number of esters is 4. The third kappa shape index (κ3) is 5.62. The van der Waals surface area contributed by atoms with E-state index in [1.807, 2.05) is 0 Å². The van der Waals surface area contributed by atoms with Gasteiger partial charge >= 0.3 is 35.5 Å². The van der Waals surface area contributed by atoms with Crippen molar-refractivity contribution < 1.29 is 58.6 Å². The minimum atomic E-state index is -4.04. The van der Waals surface area contributed by atoms with E-state index in [2.05, 4.69) is 14.2 Å². The van der Waals surface area contributed by atoms with Gasteiger partial charge in [0.1, 0.15) is 6.10 Å². The van der Waals surface area contributed by atoms with Gasteiger partial charge in [-0.3, -0.25) is 14.4 Å². The highest BCUT2D eigenvalue weighted by Crippen LogP contribution is 2.40. The average molecular weight is 444 g/mol. The number of aliphatic hydroxyl groups excluding tert-OH is 1. The summed E-state index contributed by atoms with van der Waals surface area (Å²) in [6.45, 7) is 2.43. The number of rotatable bonds is 9. The third-order valence-corrected chi connectivity index (χ3v) is 3.91. The van der Waals surface area contributed by atoms with E-state index in [-0.39, 0.29) is 0 Å². The Balaban J connectivity index is 3.65. The molecule has 0 bridgehead atoms. The maximum atomic E-state index is 12.4. The van der Waals surface area contributed by atoms with Crippen LogP contribution in [0.1, 0.15) is 33.3 Å². The Kier molecular flexibility index (Phi) is 8.38. The summed E-state index contributed by atoms with van der Waals surface area (Å²) in [7, 11) is 0. The molecule has 0 unspecified atom stereocenters. The number of hydrogen-bond donors (Lipinski definition) is 4. The van der Waals surface area contributed by atoms with Gasteiger partial charge in [-0.15, -0.1) is 0 Å². The topological polar surface area (TPSA) is 186 Å². The van der Waals surface area contributed by atoms with Gasteiger partial charge in [-0.1, -0.05) is 30.3 Å². The molecule has 31 heavy (non-hydrogen) atoms. The van der Waals surface area contributed by atoms with Gasteiger partial charge in [0.15, 0.2) is 0 Å². The van der Waals surface area contributed by atoms with E-state index in [1.165, 1.54) is 12.1 Å². The molecule has 1 aromatic rings. The van der Waals surface area contributed by atoms with Crippen LogP contribution in [0.2, 0.25) is 0 Å². The Morgan fingerprint density at radius 1 is 0.903 bits per heavy atom. The standard InChI is InChI=1S/C19H24O12/c1-11(20)17(25,28-10-15-8-6-5-7-9-15)19(27,31-14(4)23)18(26,30-13(3)22)16(24)29-12(2)21/h5-9,11,20,25-27H,10H2,1-4H3/t11-,17-,18-,19-/m0/s1. The number of aliphatic hydroxyl groups is 4. The molecule has 172 valence electrons. The first-order valence-corrected chi connectivity index (χ1v) is 8.84. The van der Waals surface area contributed by atoms with Gasteiger partial charge in [-0.05, 0) is 12.5 Å². The second kappa shape index (κ2) is 9.94. The van der Waals surface area contributed by atoms with E-state index in [1.54, 1.807) is 18.2 Å². The molecule has 4 N–H and O–H groups in total. The second-order valence-corrected chi connectivity index (χ2v) is 6.50. The van der Waals surface area contributed by atoms with Gasteiger partial charge < -0.3 is 39.4 Å². The summed E-state index contributed by atoms with van der Waals surface area (Å²) in [6, 6.07) is 7.90. The lowest BCUT2D eigenvalue weighted by Gasteiger charge is -2.47. The van der Waals surface area contributed by atoms with Crippen LogP contribution in [0.5, 0.6) is 0 Å². The molecule has 1 aromatic carbocycles. The summed E-state index contributed by atoms with van der Waals surface area (Å²) in [5.74, 6) is -17.8. The summed E-state index contributed by atoms with van der Waals surface area (Å²) >= 11 is 0. The van der Waals surface area contributed by atoms with E-state index in [4.69, 9.17) is 4.74 Å². The van der Waals surface area contributed by atoms with Crippen LogP contribution in [0, 0.1) is 0 Å². The first kappa shape index (κ1) is 26.1. The highest BCUT2D eigenvalue weighted by atomic mass is 16.8. The first-order chi connectivity index (χ1) is 14.2. The fourth-order valence-electron chi connectivity index (χ4n) is 2.52. The Labute approximate surface area is 176 Å². The van der Waals surface area contributed by atoms with Gasteiger partial charge in [0, 0.05) is 20.8 Å². The average Bonchev–Trinajstić information content (AvgIpc) is 2.64. The van der Waals surface area contributed by atoms with Crippen molar-refractivity contribution in [1.29, 1.82) is 0 Å². The van der Waals surface area contributed by atoms with Crippen molar-refractivity contribution in [2.24, 2.45) is 0 Å². The molecule has 0 saturated heterocycles. The number of benzene rings is 1. The Hall–Kier alpha value is -2.90. The zero-order valence-corrected chi connectivity index (χ0v) is 17.2. The number of hydrogen-bond acceptors (Lipinski definition) is 12. The lowest BCUT2D eigenvalue weighted by molar-refractivity contribution is -0.462. The predicted molar refractivity (Wildman–Crippen MR) is 98.1 cm³/mol. The van der Waals surface area contributed by atoms with Crippen molar-refractivity contribution in [3.63, 3.8) is 0 Å². The number of carbonyl (C=O) groups is 4. The summed E-state index contributed by atoms with van der Waals surface area (Å²) < 4.78 is 18.3. The fraction of sp³-hybridized carbons (Fsp3) is 0.474. The van der Waals surface area contributed by atoms with Crippen LogP contribution >= 0.6 is 0 Å². The van der Waals surface area contributed by atoms with Crippen LogP contribution in [0.4, 0.5) is 0 Å². The molecule has 0 aliphatic carbocycles. The van der Waals surface area contributed by atoms with Crippen molar-refractivity contribution in [2.45, 2.75) is 57.8 Å². The van der Waals surface area contributed by atoms with Crippen molar-refractivity contribution in [2.75, 3.05) is 0 Å². The quantitative estimate of drug-likeness (QED) is 0.156. The lowest BCUT2D eigenvalue weighted by atomic mass is 9.91. The van der Waals surface area contributed by atoms with Crippen LogP contribution in [0.15, 0.2) is 30.3 Å². The third-order valence-electron chi connectivity index (χ3n) is 3.91. The zero-order chi connectivity index (χ0) is 24.0. The van der Waals surface area contributed by atoms with Gasteiger partial charge in [0.25, 0.3) is 5.79 Å². The highest BCUT2D eigenvalue weighted by Gasteiger charge is 2.76. The monoisotopic (exact) mass is 444 g/mol. The highest BCUT2D eigenvalue weighted by molar-refractivity contribution is 5.91. The molecule has 1 rings (SSSR count). The maximum absolute atomic E-state index is 12.4. The molecule has 4 atom stereocenters. The lowest BCUT2D eigenvalue weighted by Crippen LogP contribution is -2.77. The normalized spacial score (nSPS) is 17.8. The molecule has 0 radical (unpaired) electrons. The SMILES string of the molecule is CC(=O)OC(=O)[C@](O)(OC(C)=O)[C@@](O)(OC(C)=O)[C@@](O)(OCc1ccccc1)[C@H](C)O. The molecule has 0 heterocycles. The van der Waals surface area contributed by atoms with E-state index in [9.17, 15) is 39.6 Å². The fourth-order valence-corrected chi connectivity index (χ4v) is 2.52. The molecular weight excluding hydrogens is 420 g/mol. The summed E-state index contributed by atoms with van der Waals surface area (Å²) in [5, 5.41) is 43.1. The van der Waals surface area contributed by atoms with Gasteiger partial charge in [-0.25, -0.2) is 4.79 Å². The van der Waals surface area contributed by atoms with Crippen molar-refractivity contribution >= 4 is 23.9 Å². The predicted octanol–water partition coefficient (Wildman–Crippen LogP) is -1.13. The largest absolute Gasteiger partial charge is 0.420 e. The first-order valence-electron chi connectivity index (χ1n) is 8.84. The van der Waals surface area contributed by atoms with Crippen LogP contribution in [-0.4, -0.2) is 67.8 Å². The maximum Gasteiger partial charge on any atom is 0.395 e. The Morgan fingerprint density at radius 2 is 1.42 bits per heavy atom. The summed E-state index contributed by atoms with van der Waals surface area (Å²) in [4.78, 5) is 46.8. The molecule has 0 aliphatic heterocycles. The number of carbonyl (C=O) groups excluding carboxylic acids is 4. The smallest absolute Gasteiger partial charge is 0.395 e. The minimum Gasteiger partial charge on any atom is -0.420 e. The molecule has 12 nitrogen and oxygen atoms in total. The zero-order valence-electron chi connectivity index (χ0n) is 17.2. The van der Waals surface area contributed by atoms with Gasteiger partial charge in [0.2, 0.25) is 0 Å². The van der Waals surface area contributed by atoms with Gasteiger partial charge in [0.05, 0.1) is 6.61 Å². The molecule has 12 heteroatoms. The molecule has 0 amide bonds. The molecule has 0 fully saturated rings. The number of ether oxygens (including phenoxy) is 4. The minimum absolute atomic E-state index is 0.383. The van der Waals surface area contributed by atoms with Crippen LogP contribution in [-0.2, 0) is 44.7 Å². The van der Waals surface area contributed by atoms with Gasteiger partial charge in [-0.2, -0.15) is 0 Å².